The molecule has 0 radical (unpaired) electrons. The summed E-state index contributed by atoms with van der Waals surface area (Å²) >= 11 is 0. The summed E-state index contributed by atoms with van der Waals surface area (Å²) in [5, 5.41) is 28.3. The van der Waals surface area contributed by atoms with Crippen molar-refractivity contribution in [3.05, 3.63) is 33.6 Å². The lowest BCUT2D eigenvalue weighted by atomic mass is 10.1. The van der Waals surface area contributed by atoms with E-state index in [1.165, 1.54) is 0 Å². The minimum Gasteiger partial charge on any atom is -0.505 e. The number of nitro groups is 1. The molecule has 82 valence electrons. The Morgan fingerprint density at radius 3 is 2.67 bits per heavy atom. The van der Waals surface area contributed by atoms with E-state index in [2.05, 4.69) is 0 Å². The average Bonchev–Trinajstić information content (AvgIpc) is 2.20. The monoisotopic (exact) mass is 216 g/mol. The van der Waals surface area contributed by atoms with Crippen molar-refractivity contribution in [1.29, 1.82) is 0 Å². The molecular weight excluding hydrogens is 207 g/mol. The Kier molecular flexibility index (Phi) is 3.17. The van der Waals surface area contributed by atoms with Gasteiger partial charge in [-0.1, -0.05) is 0 Å². The number of phenols is 1. The van der Waals surface area contributed by atoms with Crippen LogP contribution >= 0.6 is 0 Å². The molecule has 0 bridgehead atoms. The van der Waals surface area contributed by atoms with Gasteiger partial charge in [0.25, 0.3) is 5.69 Å². The molecule has 7 heteroatoms. The Balaban J connectivity index is 3.31. The van der Waals surface area contributed by atoms with E-state index in [-0.39, 0.29) is 5.56 Å². The zero-order valence-electron chi connectivity index (χ0n) is 7.55. The van der Waals surface area contributed by atoms with E-state index < -0.39 is 34.8 Å². The number of aliphatic hydroxyl groups excluding tert-OH is 1. The van der Waals surface area contributed by atoms with Gasteiger partial charge in [0.15, 0.2) is 11.6 Å². The van der Waals surface area contributed by atoms with E-state index in [0.717, 1.165) is 6.07 Å². The van der Waals surface area contributed by atoms with Crippen molar-refractivity contribution in [2.24, 2.45) is 5.73 Å². The van der Waals surface area contributed by atoms with Gasteiger partial charge in [-0.2, -0.15) is 0 Å². The molecule has 0 unspecified atom stereocenters. The van der Waals surface area contributed by atoms with Crippen molar-refractivity contribution in [1.82, 2.24) is 0 Å². The maximum Gasteiger partial charge on any atom is 0.272 e. The minimum atomic E-state index is -1.14. The van der Waals surface area contributed by atoms with Gasteiger partial charge in [-0.15, -0.1) is 0 Å². The number of benzene rings is 1. The first-order chi connectivity index (χ1) is 6.97. The summed E-state index contributed by atoms with van der Waals surface area (Å²) < 4.78 is 13.0. The van der Waals surface area contributed by atoms with Crippen LogP contribution in [0.1, 0.15) is 11.6 Å². The molecule has 6 nitrogen and oxygen atoms in total. The number of nitrogens with zero attached hydrogens (tertiary/aromatic N) is 1. The van der Waals surface area contributed by atoms with Crippen molar-refractivity contribution < 1.29 is 19.5 Å². The quantitative estimate of drug-likeness (QED) is 0.501. The third-order valence-corrected chi connectivity index (χ3v) is 1.88. The fraction of sp³-hybridized carbons (Fsp3) is 0.250. The molecule has 1 rings (SSSR count). The molecule has 0 fully saturated rings. The third-order valence-electron chi connectivity index (χ3n) is 1.88. The van der Waals surface area contributed by atoms with E-state index in [1.807, 2.05) is 0 Å². The van der Waals surface area contributed by atoms with E-state index in [1.54, 1.807) is 0 Å². The second kappa shape index (κ2) is 4.20. The number of hydrogen-bond donors (Lipinski definition) is 3. The van der Waals surface area contributed by atoms with Crippen molar-refractivity contribution in [3.8, 4) is 5.75 Å². The van der Waals surface area contributed by atoms with Crippen molar-refractivity contribution in [2.45, 2.75) is 6.04 Å². The molecule has 0 amide bonds. The van der Waals surface area contributed by atoms with Gasteiger partial charge in [-0.25, -0.2) is 4.39 Å². The van der Waals surface area contributed by atoms with Crippen LogP contribution in [0.5, 0.6) is 5.75 Å². The topological polar surface area (TPSA) is 110 Å². The number of phenolic OH excluding ortho intramolecular Hbond substituents is 1. The van der Waals surface area contributed by atoms with Crippen LogP contribution in [-0.4, -0.2) is 21.7 Å². The highest BCUT2D eigenvalue weighted by atomic mass is 19.1. The summed E-state index contributed by atoms with van der Waals surface area (Å²) in [4.78, 5) is 9.57. The van der Waals surface area contributed by atoms with Gasteiger partial charge in [-0.3, -0.25) is 10.1 Å². The van der Waals surface area contributed by atoms with Gasteiger partial charge in [0.1, 0.15) is 0 Å². The molecule has 0 saturated heterocycles. The van der Waals surface area contributed by atoms with Gasteiger partial charge in [-0.05, 0) is 0 Å². The highest BCUT2D eigenvalue weighted by molar-refractivity contribution is 5.45. The van der Waals surface area contributed by atoms with E-state index in [4.69, 9.17) is 10.8 Å². The maximum absolute atomic E-state index is 13.0. The molecule has 0 aliphatic rings. The maximum atomic E-state index is 13.0. The van der Waals surface area contributed by atoms with Crippen LogP contribution < -0.4 is 5.73 Å². The van der Waals surface area contributed by atoms with Crippen LogP contribution in [0.15, 0.2) is 12.1 Å². The van der Waals surface area contributed by atoms with Crippen LogP contribution in [0.4, 0.5) is 10.1 Å². The van der Waals surface area contributed by atoms with Crippen LogP contribution in [0, 0.1) is 15.9 Å². The number of rotatable bonds is 3. The highest BCUT2D eigenvalue weighted by Gasteiger charge is 2.19. The molecule has 0 saturated carbocycles. The summed E-state index contributed by atoms with van der Waals surface area (Å²) in [6, 6.07) is 0.460. The summed E-state index contributed by atoms with van der Waals surface area (Å²) in [6.45, 7) is -0.547. The predicted molar refractivity (Wildman–Crippen MR) is 48.7 cm³/mol. The molecule has 0 aliphatic heterocycles. The normalized spacial score (nSPS) is 12.5. The Labute approximate surface area is 83.9 Å². The Hall–Kier alpha value is -1.73. The van der Waals surface area contributed by atoms with Gasteiger partial charge in [0.05, 0.1) is 23.6 Å². The lowest BCUT2D eigenvalue weighted by molar-refractivity contribution is -0.385. The zero-order chi connectivity index (χ0) is 11.6. The smallest absolute Gasteiger partial charge is 0.272 e. The molecule has 0 heterocycles. The van der Waals surface area contributed by atoms with Crippen LogP contribution in [0.25, 0.3) is 0 Å². The molecule has 1 aromatic carbocycles. The first-order valence-corrected chi connectivity index (χ1v) is 4.00. The molecule has 15 heavy (non-hydrogen) atoms. The fourth-order valence-corrected chi connectivity index (χ4v) is 1.09. The molecule has 0 spiro atoms. The highest BCUT2D eigenvalue weighted by Crippen LogP contribution is 2.30. The largest absolute Gasteiger partial charge is 0.505 e. The van der Waals surface area contributed by atoms with Crippen LogP contribution in [0.2, 0.25) is 0 Å². The summed E-state index contributed by atoms with van der Waals surface area (Å²) in [5.74, 6) is -1.91. The molecule has 1 atom stereocenters. The molecule has 0 aromatic heterocycles. The number of aliphatic hydroxyl groups is 1. The number of aromatic hydroxyl groups is 1. The first-order valence-electron chi connectivity index (χ1n) is 4.00. The Bertz CT molecular complexity index is 396. The molecular formula is C8H9FN2O4. The van der Waals surface area contributed by atoms with Crippen LogP contribution in [-0.2, 0) is 0 Å². The first kappa shape index (κ1) is 11.3. The summed E-state index contributed by atoms with van der Waals surface area (Å²) in [7, 11) is 0. The number of hydrogen-bond acceptors (Lipinski definition) is 5. The number of nitro benzene ring substituents is 1. The zero-order valence-corrected chi connectivity index (χ0v) is 7.55. The van der Waals surface area contributed by atoms with Gasteiger partial charge in [0.2, 0.25) is 0 Å². The second-order valence-corrected chi connectivity index (χ2v) is 2.91. The SMILES string of the molecule is N[C@@H](CO)c1cc([N+](=O)[O-])cc(F)c1O. The van der Waals surface area contributed by atoms with Gasteiger partial charge >= 0.3 is 0 Å². The molecule has 4 N–H and O–H groups in total. The van der Waals surface area contributed by atoms with E-state index in [0.29, 0.717) is 6.07 Å². The third kappa shape index (κ3) is 2.20. The second-order valence-electron chi connectivity index (χ2n) is 2.91. The van der Waals surface area contributed by atoms with Crippen molar-refractivity contribution >= 4 is 5.69 Å². The van der Waals surface area contributed by atoms with E-state index >= 15 is 0 Å². The minimum absolute atomic E-state index is 0.191. The lowest BCUT2D eigenvalue weighted by Gasteiger charge is -2.10. The number of non-ortho nitro benzene ring substituents is 1. The van der Waals surface area contributed by atoms with Gasteiger partial charge in [0, 0.05) is 11.6 Å². The standard InChI is InChI=1S/C8H9FN2O4/c9-6-2-4(11(14)15)1-5(8(6)13)7(10)3-12/h1-2,7,12-13H,3,10H2/t7-/m0/s1. The van der Waals surface area contributed by atoms with Crippen molar-refractivity contribution in [3.63, 3.8) is 0 Å². The average molecular weight is 216 g/mol. The lowest BCUT2D eigenvalue weighted by Crippen LogP contribution is -2.15. The van der Waals surface area contributed by atoms with E-state index in [9.17, 15) is 19.6 Å². The fourth-order valence-electron chi connectivity index (χ4n) is 1.09. The van der Waals surface area contributed by atoms with Crippen LogP contribution in [0.3, 0.4) is 0 Å². The van der Waals surface area contributed by atoms with Gasteiger partial charge < -0.3 is 15.9 Å². The number of nitrogens with two attached hydrogens (primary N) is 1. The Morgan fingerprint density at radius 1 is 1.60 bits per heavy atom. The Morgan fingerprint density at radius 2 is 2.20 bits per heavy atom. The molecule has 1 aromatic rings. The predicted octanol–water partition coefficient (Wildman–Crippen LogP) is 0.432. The number of halogens is 1. The summed E-state index contributed by atoms with van der Waals surface area (Å²) in [6.07, 6.45) is 0. The molecule has 0 aliphatic carbocycles. The van der Waals surface area contributed by atoms with Crippen molar-refractivity contribution in [2.75, 3.05) is 6.61 Å². The summed E-state index contributed by atoms with van der Waals surface area (Å²) in [5.41, 5.74) is 4.62.